The second-order valence-electron chi connectivity index (χ2n) is 6.72. The fourth-order valence-corrected chi connectivity index (χ4v) is 4.28. The molecule has 0 radical (unpaired) electrons. The summed E-state index contributed by atoms with van der Waals surface area (Å²) in [5.74, 6) is -0.400. The van der Waals surface area contributed by atoms with Crippen molar-refractivity contribution in [1.29, 1.82) is 0 Å². The number of hydrogen-bond donors (Lipinski definition) is 2. The maximum Gasteiger partial charge on any atom is 0.341 e. The molecule has 0 saturated carbocycles. The number of piperazine rings is 1. The summed E-state index contributed by atoms with van der Waals surface area (Å²) in [5, 5.41) is 3.38. The van der Waals surface area contributed by atoms with Crippen LogP contribution in [0.25, 0.3) is 0 Å². The van der Waals surface area contributed by atoms with Crippen LogP contribution in [0.3, 0.4) is 0 Å². The molecule has 1 aliphatic rings. The van der Waals surface area contributed by atoms with Gasteiger partial charge >= 0.3 is 5.97 Å². The Labute approximate surface area is 167 Å². The lowest BCUT2D eigenvalue weighted by molar-refractivity contribution is -0.895. The number of methoxy groups -OCH3 is 1. The molecule has 1 saturated heterocycles. The third-order valence-electron chi connectivity index (χ3n) is 4.93. The molecule has 0 atom stereocenters. The molecule has 2 N–H and O–H groups in total. The predicted octanol–water partition coefficient (Wildman–Crippen LogP) is 0.724. The maximum atomic E-state index is 12.5. The van der Waals surface area contributed by atoms with Crippen molar-refractivity contribution >= 4 is 34.1 Å². The summed E-state index contributed by atoms with van der Waals surface area (Å²) in [4.78, 5) is 40.6. The lowest BCUT2D eigenvalue weighted by Crippen LogP contribution is -3.15. The molecule has 150 valence electrons. The van der Waals surface area contributed by atoms with Gasteiger partial charge in [-0.15, -0.1) is 11.3 Å². The molecule has 9 heteroatoms. The second kappa shape index (κ2) is 8.57. The van der Waals surface area contributed by atoms with Crippen molar-refractivity contribution in [3.63, 3.8) is 0 Å². The van der Waals surface area contributed by atoms with Crippen LogP contribution in [0, 0.1) is 13.8 Å². The Balaban J connectivity index is 1.55. The van der Waals surface area contributed by atoms with Gasteiger partial charge in [0.2, 0.25) is 0 Å². The molecule has 0 spiro atoms. The van der Waals surface area contributed by atoms with Crippen molar-refractivity contribution < 1.29 is 28.4 Å². The van der Waals surface area contributed by atoms with Crippen LogP contribution in [-0.2, 0) is 9.53 Å². The number of amides is 2. The molecule has 0 unspecified atom stereocenters. The minimum Gasteiger partial charge on any atom is -0.465 e. The van der Waals surface area contributed by atoms with Crippen molar-refractivity contribution in [3.05, 3.63) is 40.2 Å². The van der Waals surface area contributed by atoms with Gasteiger partial charge in [0.25, 0.3) is 11.8 Å². The molecular formula is C19H24N3O5S+. The highest BCUT2D eigenvalue weighted by molar-refractivity contribution is 7.16. The summed E-state index contributed by atoms with van der Waals surface area (Å²) >= 11 is 1.37. The zero-order valence-electron chi connectivity index (χ0n) is 16.2. The number of anilines is 1. The standard InChI is InChI=1S/C19H23N3O5S/c1-12-13(2)28-17(16(12)19(25)26-3)20-15(23)11-21-6-8-22(9-7-21)18(24)14-5-4-10-27-14/h4-5,10H,6-9,11H2,1-3H3,(H,20,23)/p+1. The molecule has 2 aromatic rings. The topological polar surface area (TPSA) is 93.3 Å². The lowest BCUT2D eigenvalue weighted by atomic mass is 10.1. The zero-order valence-corrected chi connectivity index (χ0v) is 17.0. The Morgan fingerprint density at radius 2 is 2.00 bits per heavy atom. The highest BCUT2D eigenvalue weighted by atomic mass is 32.1. The third-order valence-corrected chi connectivity index (χ3v) is 6.05. The maximum absolute atomic E-state index is 12.5. The molecule has 1 fully saturated rings. The molecule has 28 heavy (non-hydrogen) atoms. The predicted molar refractivity (Wildman–Crippen MR) is 104 cm³/mol. The molecular weight excluding hydrogens is 382 g/mol. The van der Waals surface area contributed by atoms with Crippen molar-refractivity contribution in [3.8, 4) is 0 Å². The lowest BCUT2D eigenvalue weighted by Gasteiger charge is -2.31. The Morgan fingerprint density at radius 1 is 1.29 bits per heavy atom. The monoisotopic (exact) mass is 406 g/mol. The molecule has 0 aliphatic carbocycles. The first kappa shape index (κ1) is 20.1. The highest BCUT2D eigenvalue weighted by Gasteiger charge is 2.28. The van der Waals surface area contributed by atoms with Crippen LogP contribution in [0.1, 0.15) is 31.4 Å². The summed E-state index contributed by atoms with van der Waals surface area (Å²) in [5.41, 5.74) is 1.24. The van der Waals surface area contributed by atoms with E-state index in [2.05, 4.69) is 5.32 Å². The summed E-state index contributed by atoms with van der Waals surface area (Å²) in [6.45, 7) is 6.49. The third kappa shape index (κ3) is 4.26. The van der Waals surface area contributed by atoms with Gasteiger partial charge in [0.15, 0.2) is 12.3 Å². The number of ether oxygens (including phenoxy) is 1. The van der Waals surface area contributed by atoms with Gasteiger partial charge in [0, 0.05) is 4.88 Å². The number of nitrogens with zero attached hydrogens (tertiary/aromatic N) is 1. The Morgan fingerprint density at radius 3 is 2.61 bits per heavy atom. The van der Waals surface area contributed by atoms with Gasteiger partial charge < -0.3 is 24.3 Å². The van der Waals surface area contributed by atoms with Gasteiger partial charge in [-0.2, -0.15) is 0 Å². The van der Waals surface area contributed by atoms with Gasteiger partial charge in [-0.05, 0) is 31.5 Å². The summed E-state index contributed by atoms with van der Waals surface area (Å²) < 4.78 is 9.99. The van der Waals surface area contributed by atoms with Gasteiger partial charge in [-0.1, -0.05) is 0 Å². The minimum absolute atomic E-state index is 0.124. The van der Waals surface area contributed by atoms with Crippen LogP contribution in [0.5, 0.6) is 0 Å². The number of thiophene rings is 1. The van der Waals surface area contributed by atoms with Gasteiger partial charge in [-0.25, -0.2) is 4.79 Å². The number of hydrogen-bond acceptors (Lipinski definition) is 6. The average Bonchev–Trinajstić information content (AvgIpc) is 3.30. The number of esters is 1. The first-order chi connectivity index (χ1) is 13.4. The van der Waals surface area contributed by atoms with Crippen LogP contribution >= 0.6 is 11.3 Å². The minimum atomic E-state index is -0.449. The summed E-state index contributed by atoms with van der Waals surface area (Å²) in [6, 6.07) is 3.34. The fraction of sp³-hybridized carbons (Fsp3) is 0.421. The number of rotatable bonds is 5. The van der Waals surface area contributed by atoms with Crippen molar-refractivity contribution in [2.75, 3.05) is 45.2 Å². The molecule has 3 rings (SSSR count). The fourth-order valence-electron chi connectivity index (χ4n) is 3.22. The van der Waals surface area contributed by atoms with Gasteiger partial charge in [-0.3, -0.25) is 9.59 Å². The van der Waals surface area contributed by atoms with E-state index >= 15 is 0 Å². The van der Waals surface area contributed by atoms with E-state index in [9.17, 15) is 14.4 Å². The van der Waals surface area contributed by atoms with E-state index in [4.69, 9.17) is 9.15 Å². The molecule has 8 nitrogen and oxygen atoms in total. The van der Waals surface area contributed by atoms with Crippen LogP contribution in [0.15, 0.2) is 22.8 Å². The number of carbonyl (C=O) groups is 3. The van der Waals surface area contributed by atoms with Crippen molar-refractivity contribution in [1.82, 2.24) is 4.90 Å². The molecule has 2 aromatic heterocycles. The molecule has 0 aromatic carbocycles. The highest BCUT2D eigenvalue weighted by Crippen LogP contribution is 2.32. The van der Waals surface area contributed by atoms with E-state index in [-0.39, 0.29) is 18.4 Å². The Bertz CT molecular complexity index is 867. The first-order valence-corrected chi connectivity index (χ1v) is 9.86. The number of quaternary nitrogens is 1. The largest absolute Gasteiger partial charge is 0.465 e. The van der Waals surface area contributed by atoms with E-state index in [0.29, 0.717) is 42.5 Å². The molecule has 0 bridgehead atoms. The van der Waals surface area contributed by atoms with E-state index in [0.717, 1.165) is 15.3 Å². The molecule has 1 aliphatic heterocycles. The van der Waals surface area contributed by atoms with Crippen molar-refractivity contribution in [2.24, 2.45) is 0 Å². The van der Waals surface area contributed by atoms with Crippen LogP contribution < -0.4 is 10.2 Å². The van der Waals surface area contributed by atoms with E-state index in [1.54, 1.807) is 17.0 Å². The number of nitrogens with one attached hydrogen (secondary N) is 2. The number of furan rings is 1. The van der Waals surface area contributed by atoms with Crippen molar-refractivity contribution in [2.45, 2.75) is 13.8 Å². The molecule has 3 heterocycles. The average molecular weight is 406 g/mol. The van der Waals surface area contributed by atoms with E-state index in [1.165, 1.54) is 24.7 Å². The normalized spacial score (nSPS) is 14.8. The SMILES string of the molecule is COC(=O)c1c(NC(=O)C[NH+]2CCN(C(=O)c3ccco3)CC2)sc(C)c1C. The van der Waals surface area contributed by atoms with Gasteiger partial charge in [0.1, 0.15) is 5.00 Å². The van der Waals surface area contributed by atoms with Crippen LogP contribution in [0.4, 0.5) is 5.00 Å². The van der Waals surface area contributed by atoms with Crippen LogP contribution in [-0.4, -0.2) is 62.5 Å². The number of carbonyl (C=O) groups excluding carboxylic acids is 3. The van der Waals surface area contributed by atoms with E-state index < -0.39 is 5.97 Å². The summed E-state index contributed by atoms with van der Waals surface area (Å²) in [6.07, 6.45) is 1.48. The smallest absolute Gasteiger partial charge is 0.341 e. The Hall–Kier alpha value is -2.65. The summed E-state index contributed by atoms with van der Waals surface area (Å²) in [7, 11) is 1.33. The quantitative estimate of drug-likeness (QED) is 0.714. The Kier molecular flexibility index (Phi) is 6.15. The van der Waals surface area contributed by atoms with E-state index in [1.807, 2.05) is 13.8 Å². The van der Waals surface area contributed by atoms with Gasteiger partial charge in [0.05, 0.1) is 45.1 Å². The number of aryl methyl sites for hydroxylation is 1. The molecule has 2 amide bonds. The zero-order chi connectivity index (χ0) is 20.3. The second-order valence-corrected chi connectivity index (χ2v) is 7.95. The first-order valence-electron chi connectivity index (χ1n) is 9.05. The van der Waals surface area contributed by atoms with Crippen LogP contribution in [0.2, 0.25) is 0 Å².